The minimum absolute atomic E-state index is 0.292. The molecule has 0 spiro atoms. The Bertz CT molecular complexity index is 196. The summed E-state index contributed by atoms with van der Waals surface area (Å²) < 4.78 is 4.84. The van der Waals surface area contributed by atoms with E-state index in [-0.39, 0.29) is 11.7 Å². The van der Waals surface area contributed by atoms with Crippen molar-refractivity contribution in [3.63, 3.8) is 0 Å². The van der Waals surface area contributed by atoms with Gasteiger partial charge in [0.05, 0.1) is 0 Å². The summed E-state index contributed by atoms with van der Waals surface area (Å²) in [6, 6.07) is 0. The second kappa shape index (κ2) is 8.08. The molecule has 0 saturated carbocycles. The molecule has 0 aliphatic rings. The monoisotopic (exact) mass is 219 g/mol. The van der Waals surface area contributed by atoms with Crippen molar-refractivity contribution in [1.29, 1.82) is 0 Å². The molecule has 0 aliphatic heterocycles. The van der Waals surface area contributed by atoms with E-state index < -0.39 is 5.97 Å². The van der Waals surface area contributed by atoms with Crippen LogP contribution < -0.4 is 5.32 Å². The Labute approximate surface area is 90.8 Å². The summed E-state index contributed by atoms with van der Waals surface area (Å²) in [5.41, 5.74) is -0.389. The number of hydrogen-bond donors (Lipinski definition) is 2. The molecule has 0 atom stereocenters. The zero-order valence-corrected chi connectivity index (χ0v) is 10.1. The molecule has 0 aromatic carbocycles. The molecule has 0 radical (unpaired) electrons. The number of rotatable bonds is 2. The third kappa shape index (κ3) is 19.2. The lowest BCUT2D eigenvalue weighted by Gasteiger charge is -2.18. The zero-order valence-electron chi connectivity index (χ0n) is 10.1. The molecule has 0 aromatic rings. The van der Waals surface area contributed by atoms with Crippen LogP contribution in [0.4, 0.5) is 4.79 Å². The van der Waals surface area contributed by atoms with Crippen LogP contribution >= 0.6 is 0 Å². The molecular weight excluding hydrogens is 198 g/mol. The molecule has 0 aromatic heterocycles. The second-order valence-electron chi connectivity index (χ2n) is 3.90. The molecule has 0 heterocycles. The molecule has 0 bridgehead atoms. The third-order valence-electron chi connectivity index (χ3n) is 1.07. The Morgan fingerprint density at radius 1 is 1.33 bits per heavy atom. The Morgan fingerprint density at radius 3 is 1.87 bits per heavy atom. The maximum absolute atomic E-state index is 10.5. The first-order chi connectivity index (χ1) is 6.72. The van der Waals surface area contributed by atoms with Gasteiger partial charge in [0.1, 0.15) is 5.60 Å². The Kier molecular flexibility index (Phi) is 8.72. The van der Waals surface area contributed by atoms with E-state index in [0.717, 1.165) is 6.42 Å². The van der Waals surface area contributed by atoms with E-state index in [2.05, 4.69) is 5.32 Å². The average molecular weight is 219 g/mol. The van der Waals surface area contributed by atoms with E-state index in [4.69, 9.17) is 9.84 Å². The average Bonchev–Trinajstić information content (AvgIpc) is 2.01. The topological polar surface area (TPSA) is 75.6 Å². The van der Waals surface area contributed by atoms with Gasteiger partial charge in [0.15, 0.2) is 0 Å². The van der Waals surface area contributed by atoms with Crippen molar-refractivity contribution in [1.82, 2.24) is 5.32 Å². The number of alkyl carbamates (subject to hydrolysis) is 1. The number of amides is 1. The van der Waals surface area contributed by atoms with Gasteiger partial charge in [-0.05, 0) is 27.2 Å². The van der Waals surface area contributed by atoms with Crippen LogP contribution in [0.3, 0.4) is 0 Å². The fraction of sp³-hybridized carbons (Fsp3) is 0.800. The zero-order chi connectivity index (χ0) is 12.5. The van der Waals surface area contributed by atoms with Crippen molar-refractivity contribution in [2.24, 2.45) is 0 Å². The van der Waals surface area contributed by atoms with Gasteiger partial charge < -0.3 is 15.2 Å². The molecule has 0 unspecified atom stereocenters. The van der Waals surface area contributed by atoms with Crippen molar-refractivity contribution in [3.8, 4) is 0 Å². The number of carbonyl (C=O) groups excluding carboxylic acids is 1. The molecule has 90 valence electrons. The molecule has 0 rings (SSSR count). The molecule has 0 saturated heterocycles. The van der Waals surface area contributed by atoms with Crippen LogP contribution in [0.15, 0.2) is 0 Å². The van der Waals surface area contributed by atoms with Crippen LogP contribution in [0.25, 0.3) is 0 Å². The van der Waals surface area contributed by atoms with E-state index >= 15 is 0 Å². The van der Waals surface area contributed by atoms with Gasteiger partial charge in [-0.1, -0.05) is 6.92 Å². The maximum Gasteiger partial charge on any atom is 0.407 e. The number of nitrogens with one attached hydrogen (secondary N) is 1. The van der Waals surface area contributed by atoms with E-state index in [1.807, 2.05) is 27.7 Å². The van der Waals surface area contributed by atoms with Gasteiger partial charge in [-0.25, -0.2) is 4.79 Å². The molecule has 2 N–H and O–H groups in total. The van der Waals surface area contributed by atoms with Gasteiger partial charge in [-0.2, -0.15) is 0 Å². The number of ether oxygens (including phenoxy) is 1. The summed E-state index contributed by atoms with van der Waals surface area (Å²) >= 11 is 0. The maximum atomic E-state index is 10.5. The van der Waals surface area contributed by atoms with Crippen molar-refractivity contribution in [2.45, 2.75) is 46.1 Å². The molecule has 5 nitrogen and oxygen atoms in total. The number of carboxylic acids is 1. The summed E-state index contributed by atoms with van der Waals surface area (Å²) in [5, 5.41) is 10.3. The molecular formula is C10H21NO4. The fourth-order valence-corrected chi connectivity index (χ4v) is 0.543. The molecule has 0 fully saturated rings. The summed E-state index contributed by atoms with van der Waals surface area (Å²) in [5.74, 6) is -0.711. The summed E-state index contributed by atoms with van der Waals surface area (Å²) in [4.78, 5) is 20.1. The van der Waals surface area contributed by atoms with Gasteiger partial charge in [-0.3, -0.25) is 4.79 Å². The lowest BCUT2D eigenvalue weighted by atomic mass is 10.2. The van der Waals surface area contributed by atoms with Crippen molar-refractivity contribution >= 4 is 12.1 Å². The predicted molar refractivity (Wildman–Crippen MR) is 57.8 cm³/mol. The third-order valence-corrected chi connectivity index (χ3v) is 1.07. The Morgan fingerprint density at radius 2 is 1.80 bits per heavy atom. The van der Waals surface area contributed by atoms with Crippen molar-refractivity contribution in [2.75, 3.05) is 7.05 Å². The number of carbonyl (C=O) groups is 2. The van der Waals surface area contributed by atoms with E-state index in [1.54, 1.807) is 0 Å². The van der Waals surface area contributed by atoms with Gasteiger partial charge >= 0.3 is 12.1 Å². The smallest absolute Gasteiger partial charge is 0.407 e. The van der Waals surface area contributed by atoms with Gasteiger partial charge in [0.2, 0.25) is 0 Å². The SMILES string of the molecule is CCCC(=O)O.CNC(=O)OC(C)(C)C. The van der Waals surface area contributed by atoms with Crippen molar-refractivity contribution < 1.29 is 19.4 Å². The highest BCUT2D eigenvalue weighted by Gasteiger charge is 2.13. The Hall–Kier alpha value is -1.26. The van der Waals surface area contributed by atoms with Gasteiger partial charge in [0.25, 0.3) is 0 Å². The lowest BCUT2D eigenvalue weighted by molar-refractivity contribution is -0.137. The second-order valence-corrected chi connectivity index (χ2v) is 3.90. The van der Waals surface area contributed by atoms with E-state index in [1.165, 1.54) is 7.05 Å². The van der Waals surface area contributed by atoms with Crippen LogP contribution in [0.1, 0.15) is 40.5 Å². The highest BCUT2D eigenvalue weighted by Crippen LogP contribution is 2.05. The molecule has 5 heteroatoms. The highest BCUT2D eigenvalue weighted by molar-refractivity contribution is 5.67. The van der Waals surface area contributed by atoms with Crippen LogP contribution in [-0.4, -0.2) is 29.8 Å². The van der Waals surface area contributed by atoms with E-state index in [9.17, 15) is 9.59 Å². The minimum Gasteiger partial charge on any atom is -0.481 e. The number of aliphatic carboxylic acids is 1. The van der Waals surface area contributed by atoms with Crippen LogP contribution in [0.2, 0.25) is 0 Å². The van der Waals surface area contributed by atoms with Crippen LogP contribution in [-0.2, 0) is 9.53 Å². The number of carboxylic acid groups (broad SMARTS) is 1. The quantitative estimate of drug-likeness (QED) is 0.745. The fourth-order valence-electron chi connectivity index (χ4n) is 0.543. The van der Waals surface area contributed by atoms with E-state index in [0.29, 0.717) is 6.42 Å². The molecule has 0 aliphatic carbocycles. The first kappa shape index (κ1) is 16.2. The molecule has 1 amide bonds. The lowest BCUT2D eigenvalue weighted by Crippen LogP contribution is -2.30. The van der Waals surface area contributed by atoms with Crippen LogP contribution in [0, 0.1) is 0 Å². The van der Waals surface area contributed by atoms with Crippen LogP contribution in [0.5, 0.6) is 0 Å². The first-order valence-electron chi connectivity index (χ1n) is 4.85. The highest BCUT2D eigenvalue weighted by atomic mass is 16.6. The van der Waals surface area contributed by atoms with Gasteiger partial charge in [0, 0.05) is 13.5 Å². The summed E-state index contributed by atoms with van der Waals surface area (Å²) in [6.07, 6.45) is 0.637. The summed E-state index contributed by atoms with van der Waals surface area (Å²) in [6.45, 7) is 7.31. The largest absolute Gasteiger partial charge is 0.481 e. The van der Waals surface area contributed by atoms with Crippen molar-refractivity contribution in [3.05, 3.63) is 0 Å². The van der Waals surface area contributed by atoms with Gasteiger partial charge in [-0.15, -0.1) is 0 Å². The first-order valence-corrected chi connectivity index (χ1v) is 4.85. The molecule has 15 heavy (non-hydrogen) atoms. The Balaban J connectivity index is 0. The number of hydrogen-bond acceptors (Lipinski definition) is 3. The standard InChI is InChI=1S/C6H13NO2.C4H8O2/c1-6(2,3)9-5(8)7-4;1-2-3-4(5)6/h1-4H3,(H,7,8);2-3H2,1H3,(H,5,6). The minimum atomic E-state index is -0.711. The normalized spacial score (nSPS) is 9.67. The predicted octanol–water partition coefficient (Wildman–Crippen LogP) is 2.01. The summed E-state index contributed by atoms with van der Waals surface area (Å²) in [7, 11) is 1.54.